The number of rotatable bonds is 11. The van der Waals surface area contributed by atoms with Crippen LogP contribution in [0.25, 0.3) is 98.0 Å². The SMILES string of the molecule is Brc1ccc2ccc3c(Br)ccc4ccc1c2c43.Fc1ccc(-c2ccc(F)c(N(c3ccccc3F)c3ccc4ccc5c(N(c6ccccc6F)c6cc(-c7ccc(F)cc7)ccc6F)ccc6ccc3c4c65)c2)cc1.Fc1ccc(-c2ccc(F)c(Nc3ccccc3F)c2)cc1. The van der Waals surface area contributed by atoms with E-state index >= 15 is 17.6 Å². The van der Waals surface area contributed by atoms with Crippen molar-refractivity contribution in [3.05, 3.63) is 359 Å². The van der Waals surface area contributed by atoms with Crippen molar-refractivity contribution < 1.29 is 39.5 Å². The molecule has 3 nitrogen and oxygen atoms in total. The van der Waals surface area contributed by atoms with Crippen LogP contribution in [0, 0.1) is 52.4 Å². The standard InChI is InChI=1S/C52H30F6N2.C18H12F3N.C16H8Br2/c53-37-19-9-31(10-20-37)35-15-25-43(57)49(29-35)59(47-7-3-1-5-41(47)55)45-27-17-33-14-24-40-46(28-18-34-13-23-39(45)51(33)52(34)40)60(48-8-4-2-6-42(48)56)50-30-36(16-26-44(50)58)32-11-21-38(54)22-12-32;19-14-8-5-12(6-9-14)13-7-10-16(21)18(11-13)22-17-4-2-1-3-15(17)20;17-13-8-4-10-2-6-12-14(18)7-3-9-1-5-11(13)16(10)15(9)12/h1-30H;1-11,22H;1-8H. The van der Waals surface area contributed by atoms with Gasteiger partial charge in [0.1, 0.15) is 52.4 Å². The first-order valence-corrected chi connectivity index (χ1v) is 33.2. The lowest BCUT2D eigenvalue weighted by Crippen LogP contribution is -2.14. The Balaban J connectivity index is 0.000000163. The molecule has 0 saturated heterocycles. The second-order valence-electron chi connectivity index (χ2n) is 23.8. The number of para-hydroxylation sites is 3. The number of halogens is 11. The lowest BCUT2D eigenvalue weighted by Gasteiger charge is -2.30. The van der Waals surface area contributed by atoms with Crippen LogP contribution in [0.5, 0.6) is 0 Å². The van der Waals surface area contributed by atoms with E-state index in [1.54, 1.807) is 131 Å². The van der Waals surface area contributed by atoms with Crippen LogP contribution in [0.4, 0.5) is 85.0 Å². The molecule has 0 aromatic heterocycles. The minimum absolute atomic E-state index is 0.0693. The molecular weight excluding hydrogens is 1410 g/mol. The van der Waals surface area contributed by atoms with Crippen LogP contribution >= 0.6 is 31.9 Å². The maximum atomic E-state index is 16.3. The quantitative estimate of drug-likeness (QED) is 0.103. The van der Waals surface area contributed by atoms with E-state index in [1.807, 2.05) is 48.5 Å². The fourth-order valence-corrected chi connectivity index (χ4v) is 14.0. The number of hydrogen-bond acceptors (Lipinski definition) is 3. The van der Waals surface area contributed by atoms with Gasteiger partial charge in [0.05, 0.1) is 45.5 Å². The lowest BCUT2D eigenvalue weighted by molar-refractivity contribution is 0.619. The summed E-state index contributed by atoms with van der Waals surface area (Å²) in [5, 5.41) is 15.1. The molecule has 0 aliphatic carbocycles. The van der Waals surface area contributed by atoms with Crippen LogP contribution in [-0.4, -0.2) is 0 Å². The van der Waals surface area contributed by atoms with Crippen molar-refractivity contribution in [2.45, 2.75) is 0 Å². The Morgan fingerprint density at radius 1 is 0.220 bits per heavy atom. The average Bonchev–Trinajstić information content (AvgIpc) is 0.726. The van der Waals surface area contributed by atoms with Crippen LogP contribution in [0.2, 0.25) is 0 Å². The van der Waals surface area contributed by atoms with Crippen molar-refractivity contribution in [2.75, 3.05) is 15.1 Å². The van der Waals surface area contributed by atoms with Crippen LogP contribution in [0.1, 0.15) is 0 Å². The highest BCUT2D eigenvalue weighted by atomic mass is 79.9. The van der Waals surface area contributed by atoms with E-state index in [0.717, 1.165) is 36.1 Å². The van der Waals surface area contributed by atoms with Crippen molar-refractivity contribution in [1.82, 2.24) is 0 Å². The second-order valence-corrected chi connectivity index (χ2v) is 25.5. The maximum absolute atomic E-state index is 16.3. The zero-order valence-electron chi connectivity index (χ0n) is 52.3. The first-order valence-electron chi connectivity index (χ1n) is 31.6. The molecule has 0 saturated carbocycles. The topological polar surface area (TPSA) is 18.5 Å². The molecule has 1 N–H and O–H groups in total. The maximum Gasteiger partial charge on any atom is 0.147 e. The van der Waals surface area contributed by atoms with Gasteiger partial charge in [-0.3, -0.25) is 0 Å². The molecule has 100 heavy (non-hydrogen) atoms. The Bertz CT molecular complexity index is 5640. The molecular formula is C86H50Br2F9N3. The van der Waals surface area contributed by atoms with Gasteiger partial charge in [-0.05, 0) is 221 Å². The monoisotopic (exact) mass is 1450 g/mol. The van der Waals surface area contributed by atoms with Crippen LogP contribution in [0.3, 0.4) is 0 Å². The van der Waals surface area contributed by atoms with Crippen LogP contribution < -0.4 is 15.1 Å². The molecule has 17 aromatic rings. The summed E-state index contributed by atoms with van der Waals surface area (Å²) in [6.45, 7) is 0. The fraction of sp³-hybridized carbons (Fsp3) is 0. The highest BCUT2D eigenvalue weighted by molar-refractivity contribution is 9.11. The highest BCUT2D eigenvalue weighted by Crippen LogP contribution is 2.50. The summed E-state index contributed by atoms with van der Waals surface area (Å²) in [4.78, 5) is 3.10. The van der Waals surface area contributed by atoms with Crippen LogP contribution in [-0.2, 0) is 0 Å². The summed E-state index contributed by atoms with van der Waals surface area (Å²) >= 11 is 7.30. The average molecular weight is 1460 g/mol. The van der Waals surface area contributed by atoms with Crippen molar-refractivity contribution in [1.29, 1.82) is 0 Å². The zero-order valence-corrected chi connectivity index (χ0v) is 55.5. The molecule has 0 atom stereocenters. The van der Waals surface area contributed by atoms with Gasteiger partial charge in [-0.2, -0.15) is 0 Å². The number of hydrogen-bond donors (Lipinski definition) is 1. The first-order chi connectivity index (χ1) is 48.6. The van der Waals surface area contributed by atoms with Gasteiger partial charge in [-0.1, -0.05) is 196 Å². The third-order valence-corrected chi connectivity index (χ3v) is 19.2. The largest absolute Gasteiger partial charge is 0.351 e. The predicted octanol–water partition coefficient (Wildman–Crippen LogP) is 27.3. The third-order valence-electron chi connectivity index (χ3n) is 17.9. The van der Waals surface area contributed by atoms with Crippen molar-refractivity contribution >= 4 is 142 Å². The Morgan fingerprint density at radius 2 is 0.520 bits per heavy atom. The minimum Gasteiger partial charge on any atom is -0.351 e. The van der Waals surface area contributed by atoms with Gasteiger partial charge in [0, 0.05) is 19.7 Å². The van der Waals surface area contributed by atoms with Gasteiger partial charge in [-0.15, -0.1) is 0 Å². The van der Waals surface area contributed by atoms with Gasteiger partial charge in [0.15, 0.2) is 0 Å². The normalized spacial score (nSPS) is 11.3. The van der Waals surface area contributed by atoms with E-state index in [0.29, 0.717) is 50.0 Å². The Kier molecular flexibility index (Phi) is 17.5. The summed E-state index contributed by atoms with van der Waals surface area (Å²) < 4.78 is 135. The molecule has 0 spiro atoms. The Labute approximate surface area is 584 Å². The van der Waals surface area contributed by atoms with Gasteiger partial charge in [0.2, 0.25) is 0 Å². The summed E-state index contributed by atoms with van der Waals surface area (Å²) in [6.07, 6.45) is 0. The molecule has 0 heterocycles. The van der Waals surface area contributed by atoms with Crippen molar-refractivity contribution in [3.8, 4) is 33.4 Å². The lowest BCUT2D eigenvalue weighted by atomic mass is 9.91. The molecule has 0 fully saturated rings. The van der Waals surface area contributed by atoms with E-state index < -0.39 is 46.5 Å². The third kappa shape index (κ3) is 12.3. The summed E-state index contributed by atoms with van der Waals surface area (Å²) in [5.74, 6) is -4.49. The zero-order chi connectivity index (χ0) is 68.9. The minimum atomic E-state index is -0.609. The molecule has 0 amide bonds. The van der Waals surface area contributed by atoms with Gasteiger partial charge in [0.25, 0.3) is 0 Å². The van der Waals surface area contributed by atoms with E-state index in [1.165, 1.54) is 111 Å². The predicted molar refractivity (Wildman–Crippen MR) is 397 cm³/mol. The van der Waals surface area contributed by atoms with E-state index in [-0.39, 0.29) is 39.9 Å². The van der Waals surface area contributed by atoms with Gasteiger partial charge < -0.3 is 15.1 Å². The fourth-order valence-electron chi connectivity index (χ4n) is 13.1. The number of anilines is 8. The summed E-state index contributed by atoms with van der Waals surface area (Å²) in [7, 11) is 0. The first kappa shape index (κ1) is 64.5. The highest BCUT2D eigenvalue weighted by Gasteiger charge is 2.27. The number of benzene rings is 17. The molecule has 0 bridgehead atoms. The second kappa shape index (κ2) is 27.1. The summed E-state index contributed by atoms with van der Waals surface area (Å²) in [6, 6.07) is 81.9. The Hall–Kier alpha value is -11.5. The van der Waals surface area contributed by atoms with E-state index in [9.17, 15) is 22.0 Å². The van der Waals surface area contributed by atoms with E-state index in [4.69, 9.17) is 0 Å². The summed E-state index contributed by atoms with van der Waals surface area (Å²) in [5.41, 5.74) is 5.59. The molecule has 0 unspecified atom stereocenters. The van der Waals surface area contributed by atoms with Gasteiger partial charge >= 0.3 is 0 Å². The molecule has 486 valence electrons. The molecule has 0 aliphatic heterocycles. The molecule has 17 rings (SSSR count). The Morgan fingerprint density at radius 3 is 0.920 bits per heavy atom. The van der Waals surface area contributed by atoms with Crippen molar-refractivity contribution in [3.63, 3.8) is 0 Å². The van der Waals surface area contributed by atoms with E-state index in [2.05, 4.69) is 85.7 Å². The molecule has 14 heteroatoms. The van der Waals surface area contributed by atoms with Crippen LogP contribution in [0.15, 0.2) is 306 Å². The number of nitrogens with zero attached hydrogens (tertiary/aromatic N) is 2. The van der Waals surface area contributed by atoms with Crippen molar-refractivity contribution in [2.24, 2.45) is 0 Å². The van der Waals surface area contributed by atoms with Gasteiger partial charge in [-0.25, -0.2) is 39.5 Å². The molecule has 17 aromatic carbocycles. The smallest absolute Gasteiger partial charge is 0.147 e. The number of nitrogens with one attached hydrogen (secondary N) is 1. The molecule has 0 aliphatic rings. The molecule has 0 radical (unpaired) electrons.